The monoisotopic (exact) mass is 455 g/mol. The largest absolute Gasteiger partial charge is 0.495 e. The van der Waals surface area contributed by atoms with Crippen LogP contribution in [0.4, 0.5) is 5.69 Å². The van der Waals surface area contributed by atoms with Crippen LogP contribution in [0.5, 0.6) is 5.75 Å². The summed E-state index contributed by atoms with van der Waals surface area (Å²) in [5, 5.41) is 0.423. The summed E-state index contributed by atoms with van der Waals surface area (Å²) < 4.78 is 5.42. The lowest BCUT2D eigenvalue weighted by Gasteiger charge is -2.36. The molecule has 3 amide bonds. The molecule has 0 bridgehead atoms. The second kappa shape index (κ2) is 9.20. The minimum Gasteiger partial charge on any atom is -0.495 e. The van der Waals surface area contributed by atoms with Gasteiger partial charge in [-0.05, 0) is 36.8 Å². The van der Waals surface area contributed by atoms with E-state index in [2.05, 4.69) is 0 Å². The standard InChI is InChI=1S/C24H26ClN3O4/c1-16-7-8-21(32-2)20(13-16)28-15-17(14-22(28)29)23(30)26-9-11-27(12-10-26)24(31)18-5-3-4-6-19(18)25/h3-8,13,17H,9-12,14-15H2,1-2H3/t17-/m1/s1. The zero-order valence-electron chi connectivity index (χ0n) is 18.2. The quantitative estimate of drug-likeness (QED) is 0.710. The van der Waals surface area contributed by atoms with Crippen molar-refractivity contribution in [3.63, 3.8) is 0 Å². The van der Waals surface area contributed by atoms with Crippen molar-refractivity contribution in [2.45, 2.75) is 13.3 Å². The summed E-state index contributed by atoms with van der Waals surface area (Å²) in [6.45, 7) is 4.03. The SMILES string of the molecule is COc1ccc(C)cc1N1C[C@H](C(=O)N2CCN(C(=O)c3ccccc3Cl)CC2)CC1=O. The van der Waals surface area contributed by atoms with Crippen molar-refractivity contribution in [2.24, 2.45) is 5.92 Å². The molecule has 2 saturated heterocycles. The zero-order chi connectivity index (χ0) is 22.8. The predicted molar refractivity (Wildman–Crippen MR) is 122 cm³/mol. The molecule has 0 aliphatic carbocycles. The van der Waals surface area contributed by atoms with Gasteiger partial charge in [-0.2, -0.15) is 0 Å². The molecule has 0 saturated carbocycles. The van der Waals surface area contributed by atoms with Crippen LogP contribution in [0.1, 0.15) is 22.3 Å². The highest BCUT2D eigenvalue weighted by molar-refractivity contribution is 6.33. The number of aryl methyl sites for hydroxylation is 1. The van der Waals surface area contributed by atoms with Gasteiger partial charge in [0, 0.05) is 39.1 Å². The first-order valence-electron chi connectivity index (χ1n) is 10.7. The number of piperazine rings is 1. The van der Waals surface area contributed by atoms with Gasteiger partial charge in [0.05, 0.1) is 29.3 Å². The maximum atomic E-state index is 13.1. The van der Waals surface area contributed by atoms with E-state index in [-0.39, 0.29) is 24.1 Å². The topological polar surface area (TPSA) is 70.2 Å². The summed E-state index contributed by atoms with van der Waals surface area (Å²) in [5.41, 5.74) is 2.18. The van der Waals surface area contributed by atoms with E-state index < -0.39 is 5.92 Å². The fourth-order valence-electron chi connectivity index (χ4n) is 4.31. The van der Waals surface area contributed by atoms with Crippen molar-refractivity contribution in [3.05, 3.63) is 58.6 Å². The van der Waals surface area contributed by atoms with Crippen LogP contribution in [-0.2, 0) is 9.59 Å². The number of methoxy groups -OCH3 is 1. The number of carbonyl (C=O) groups is 3. The Labute approximate surface area is 192 Å². The average Bonchev–Trinajstić information content (AvgIpc) is 3.20. The molecule has 0 unspecified atom stereocenters. The van der Waals surface area contributed by atoms with E-state index in [0.29, 0.717) is 54.7 Å². The lowest BCUT2D eigenvalue weighted by atomic mass is 10.1. The Kier molecular flexibility index (Phi) is 6.37. The first-order chi connectivity index (χ1) is 15.4. The normalized spacial score (nSPS) is 18.8. The molecular weight excluding hydrogens is 430 g/mol. The van der Waals surface area contributed by atoms with Crippen LogP contribution in [-0.4, -0.2) is 67.4 Å². The van der Waals surface area contributed by atoms with E-state index in [1.165, 1.54) is 0 Å². The number of hydrogen-bond acceptors (Lipinski definition) is 4. The molecule has 0 aromatic heterocycles. The summed E-state index contributed by atoms with van der Waals surface area (Å²) in [4.78, 5) is 43.7. The van der Waals surface area contributed by atoms with Gasteiger partial charge >= 0.3 is 0 Å². The predicted octanol–water partition coefficient (Wildman–Crippen LogP) is 2.99. The molecule has 0 radical (unpaired) electrons. The van der Waals surface area contributed by atoms with Crippen molar-refractivity contribution in [1.82, 2.24) is 9.80 Å². The van der Waals surface area contributed by atoms with Crippen molar-refractivity contribution in [1.29, 1.82) is 0 Å². The molecule has 2 aliphatic heterocycles. The van der Waals surface area contributed by atoms with Crippen molar-refractivity contribution < 1.29 is 19.1 Å². The minimum absolute atomic E-state index is 0.0442. The maximum absolute atomic E-state index is 13.1. The van der Waals surface area contributed by atoms with Gasteiger partial charge in [-0.3, -0.25) is 14.4 Å². The number of anilines is 1. The Morgan fingerprint density at radius 3 is 2.41 bits per heavy atom. The van der Waals surface area contributed by atoms with Gasteiger partial charge in [0.25, 0.3) is 5.91 Å². The van der Waals surface area contributed by atoms with Crippen LogP contribution >= 0.6 is 11.6 Å². The van der Waals surface area contributed by atoms with Crippen LogP contribution in [0, 0.1) is 12.8 Å². The molecule has 4 rings (SSSR count). The number of benzene rings is 2. The molecule has 168 valence electrons. The number of halogens is 1. The number of ether oxygens (including phenoxy) is 1. The highest BCUT2D eigenvalue weighted by atomic mass is 35.5. The molecule has 8 heteroatoms. The van der Waals surface area contributed by atoms with Gasteiger partial charge in [0.15, 0.2) is 0 Å². The maximum Gasteiger partial charge on any atom is 0.255 e. The molecule has 2 aromatic rings. The molecule has 32 heavy (non-hydrogen) atoms. The van der Waals surface area contributed by atoms with E-state index in [1.807, 2.05) is 25.1 Å². The number of nitrogens with zero attached hydrogens (tertiary/aromatic N) is 3. The average molecular weight is 456 g/mol. The van der Waals surface area contributed by atoms with Gasteiger partial charge in [-0.25, -0.2) is 0 Å². The lowest BCUT2D eigenvalue weighted by Crippen LogP contribution is -2.52. The van der Waals surface area contributed by atoms with Crippen molar-refractivity contribution in [3.8, 4) is 5.75 Å². The van der Waals surface area contributed by atoms with Crippen LogP contribution in [0.25, 0.3) is 0 Å². The Morgan fingerprint density at radius 1 is 1.03 bits per heavy atom. The van der Waals surface area contributed by atoms with Crippen LogP contribution < -0.4 is 9.64 Å². The molecule has 2 aliphatic rings. The first kappa shape index (κ1) is 22.1. The Balaban J connectivity index is 1.39. The molecule has 0 spiro atoms. The zero-order valence-corrected chi connectivity index (χ0v) is 19.0. The number of hydrogen-bond donors (Lipinski definition) is 0. The fraction of sp³-hybridized carbons (Fsp3) is 0.375. The first-order valence-corrected chi connectivity index (χ1v) is 11.0. The Morgan fingerprint density at radius 2 is 1.72 bits per heavy atom. The third kappa shape index (κ3) is 4.30. The highest BCUT2D eigenvalue weighted by Crippen LogP contribution is 2.34. The van der Waals surface area contributed by atoms with E-state index in [0.717, 1.165) is 5.56 Å². The Hall–Kier alpha value is -3.06. The fourth-order valence-corrected chi connectivity index (χ4v) is 4.53. The minimum atomic E-state index is -0.404. The van der Waals surface area contributed by atoms with Gasteiger partial charge in [-0.1, -0.05) is 29.8 Å². The molecule has 2 fully saturated rings. The van der Waals surface area contributed by atoms with Crippen molar-refractivity contribution in [2.75, 3.05) is 44.7 Å². The molecular formula is C24H26ClN3O4. The molecule has 7 nitrogen and oxygen atoms in total. The van der Waals surface area contributed by atoms with E-state index in [1.54, 1.807) is 46.1 Å². The molecule has 2 heterocycles. The number of rotatable bonds is 4. The molecule has 2 aromatic carbocycles. The van der Waals surface area contributed by atoms with Gasteiger partial charge in [0.2, 0.25) is 11.8 Å². The van der Waals surface area contributed by atoms with Crippen LogP contribution in [0.2, 0.25) is 5.02 Å². The summed E-state index contributed by atoms with van der Waals surface area (Å²) in [6.07, 6.45) is 0.175. The van der Waals surface area contributed by atoms with Gasteiger partial charge in [0.1, 0.15) is 5.75 Å². The summed E-state index contributed by atoms with van der Waals surface area (Å²) in [5.74, 6) is -0.0455. The number of amides is 3. The summed E-state index contributed by atoms with van der Waals surface area (Å²) in [6, 6.07) is 12.6. The van der Waals surface area contributed by atoms with E-state index in [9.17, 15) is 14.4 Å². The second-order valence-corrected chi connectivity index (χ2v) is 8.59. The Bertz CT molecular complexity index is 1050. The van der Waals surface area contributed by atoms with E-state index >= 15 is 0 Å². The molecule has 1 atom stereocenters. The van der Waals surface area contributed by atoms with Crippen LogP contribution in [0.3, 0.4) is 0 Å². The van der Waals surface area contributed by atoms with Crippen LogP contribution in [0.15, 0.2) is 42.5 Å². The van der Waals surface area contributed by atoms with E-state index in [4.69, 9.17) is 16.3 Å². The highest BCUT2D eigenvalue weighted by Gasteiger charge is 2.39. The third-order valence-electron chi connectivity index (χ3n) is 6.08. The number of carbonyl (C=O) groups excluding carboxylic acids is 3. The van der Waals surface area contributed by atoms with Gasteiger partial charge < -0.3 is 19.4 Å². The summed E-state index contributed by atoms with van der Waals surface area (Å²) >= 11 is 6.16. The molecule has 0 N–H and O–H groups in total. The smallest absolute Gasteiger partial charge is 0.255 e. The lowest BCUT2D eigenvalue weighted by molar-refractivity contribution is -0.137. The van der Waals surface area contributed by atoms with Gasteiger partial charge in [-0.15, -0.1) is 0 Å². The van der Waals surface area contributed by atoms with Crippen molar-refractivity contribution >= 4 is 35.0 Å². The third-order valence-corrected chi connectivity index (χ3v) is 6.41. The second-order valence-electron chi connectivity index (χ2n) is 8.18. The summed E-state index contributed by atoms with van der Waals surface area (Å²) in [7, 11) is 1.57.